The van der Waals surface area contributed by atoms with Crippen molar-refractivity contribution in [2.24, 2.45) is 5.92 Å². The molecule has 2 heterocycles. The maximum absolute atomic E-state index is 13.0. The summed E-state index contributed by atoms with van der Waals surface area (Å²) in [5.41, 5.74) is 1.23. The van der Waals surface area contributed by atoms with E-state index in [0.717, 1.165) is 31.2 Å². The lowest BCUT2D eigenvalue weighted by Crippen LogP contribution is -2.46. The second-order valence-corrected chi connectivity index (χ2v) is 7.08. The number of fused-ring (bicyclic) bond motifs is 1. The summed E-state index contributed by atoms with van der Waals surface area (Å²) in [4.78, 5) is 34.9. The molecular formula is C20H21N3O3. The van der Waals surface area contributed by atoms with Crippen molar-refractivity contribution >= 4 is 11.9 Å². The van der Waals surface area contributed by atoms with Crippen LogP contribution >= 0.6 is 0 Å². The van der Waals surface area contributed by atoms with Gasteiger partial charge in [-0.05, 0) is 25.2 Å². The Hall–Kier alpha value is -2.76. The molecule has 1 N–H and O–H groups in total. The zero-order chi connectivity index (χ0) is 18.1. The van der Waals surface area contributed by atoms with Crippen molar-refractivity contribution in [3.8, 4) is 11.4 Å². The average molecular weight is 351 g/mol. The van der Waals surface area contributed by atoms with Gasteiger partial charge in [0.15, 0.2) is 5.82 Å². The molecule has 2 aromatic rings. The number of likely N-dealkylation sites (tertiary alicyclic amines) is 1. The molecule has 1 aromatic carbocycles. The van der Waals surface area contributed by atoms with E-state index in [1.165, 1.54) is 12.4 Å². The fourth-order valence-electron chi connectivity index (χ4n) is 4.30. The number of benzene rings is 1. The third-order valence-electron chi connectivity index (χ3n) is 5.54. The van der Waals surface area contributed by atoms with Crippen LogP contribution in [-0.2, 0) is 4.79 Å². The van der Waals surface area contributed by atoms with Crippen LogP contribution in [-0.4, -0.2) is 43.9 Å². The van der Waals surface area contributed by atoms with Gasteiger partial charge in [0.25, 0.3) is 5.91 Å². The Kier molecular flexibility index (Phi) is 4.41. The standard InChI is InChI=1S/C20H21N3O3/c24-19(15-11-21-18(22-12-15)13-6-2-1-3-7-13)23-16-9-5-4-8-14(16)10-17(23)20(25)26/h1-3,6-7,11-12,14,16-17H,4-5,8-10H2,(H,25,26). The third kappa shape index (κ3) is 2.96. The third-order valence-corrected chi connectivity index (χ3v) is 5.54. The first kappa shape index (κ1) is 16.7. The summed E-state index contributed by atoms with van der Waals surface area (Å²) >= 11 is 0. The van der Waals surface area contributed by atoms with Crippen LogP contribution < -0.4 is 0 Å². The van der Waals surface area contributed by atoms with Crippen LogP contribution in [0.1, 0.15) is 42.5 Å². The first-order valence-corrected chi connectivity index (χ1v) is 9.08. The van der Waals surface area contributed by atoms with E-state index in [1.54, 1.807) is 4.90 Å². The summed E-state index contributed by atoms with van der Waals surface area (Å²) in [7, 11) is 0. The minimum atomic E-state index is -0.922. The molecule has 1 amide bonds. The molecule has 1 saturated carbocycles. The zero-order valence-electron chi connectivity index (χ0n) is 14.4. The molecule has 1 aromatic heterocycles. The Morgan fingerprint density at radius 2 is 1.73 bits per heavy atom. The minimum absolute atomic E-state index is 0.0196. The number of rotatable bonds is 3. The van der Waals surface area contributed by atoms with E-state index in [0.29, 0.717) is 23.7 Å². The first-order chi connectivity index (χ1) is 12.6. The predicted octanol–water partition coefficient (Wildman–Crippen LogP) is 3.00. The Balaban J connectivity index is 1.60. The highest BCUT2D eigenvalue weighted by Gasteiger charge is 2.47. The molecule has 1 saturated heterocycles. The molecule has 4 rings (SSSR count). The van der Waals surface area contributed by atoms with Gasteiger partial charge in [0.2, 0.25) is 0 Å². The summed E-state index contributed by atoms with van der Waals surface area (Å²) in [5, 5.41) is 9.59. The van der Waals surface area contributed by atoms with Crippen molar-refractivity contribution in [2.45, 2.75) is 44.2 Å². The van der Waals surface area contributed by atoms with Crippen molar-refractivity contribution in [2.75, 3.05) is 0 Å². The van der Waals surface area contributed by atoms with Gasteiger partial charge in [0.1, 0.15) is 6.04 Å². The zero-order valence-corrected chi connectivity index (χ0v) is 14.4. The number of hydrogen-bond donors (Lipinski definition) is 1. The molecule has 1 aliphatic heterocycles. The first-order valence-electron chi connectivity index (χ1n) is 9.08. The van der Waals surface area contributed by atoms with Crippen molar-refractivity contribution in [1.29, 1.82) is 0 Å². The quantitative estimate of drug-likeness (QED) is 0.919. The Bertz CT molecular complexity index is 807. The lowest BCUT2D eigenvalue weighted by Gasteiger charge is -2.32. The van der Waals surface area contributed by atoms with Crippen LogP contribution in [0.4, 0.5) is 0 Å². The topological polar surface area (TPSA) is 83.4 Å². The number of carbonyl (C=O) groups is 2. The molecule has 26 heavy (non-hydrogen) atoms. The van der Waals surface area contributed by atoms with Crippen LogP contribution in [0.2, 0.25) is 0 Å². The van der Waals surface area contributed by atoms with Gasteiger partial charge >= 0.3 is 5.97 Å². The van der Waals surface area contributed by atoms with Gasteiger partial charge in [-0.2, -0.15) is 0 Å². The fraction of sp³-hybridized carbons (Fsp3) is 0.400. The average Bonchev–Trinajstić information content (AvgIpc) is 3.08. The fourth-order valence-corrected chi connectivity index (χ4v) is 4.30. The van der Waals surface area contributed by atoms with Gasteiger partial charge in [-0.15, -0.1) is 0 Å². The van der Waals surface area contributed by atoms with Gasteiger partial charge < -0.3 is 10.0 Å². The summed E-state index contributed by atoms with van der Waals surface area (Å²) in [5.74, 6) is -0.354. The molecule has 2 fully saturated rings. The summed E-state index contributed by atoms with van der Waals surface area (Å²) in [6.07, 6.45) is 7.60. The highest BCUT2D eigenvalue weighted by molar-refractivity contribution is 5.97. The highest BCUT2D eigenvalue weighted by Crippen LogP contribution is 2.40. The SMILES string of the molecule is O=C(O)C1CC2CCCCC2N1C(=O)c1cnc(-c2ccccc2)nc1. The number of amides is 1. The van der Waals surface area contributed by atoms with Gasteiger partial charge in [-0.3, -0.25) is 4.79 Å². The molecule has 1 aliphatic carbocycles. The van der Waals surface area contributed by atoms with Crippen LogP contribution in [0.3, 0.4) is 0 Å². The second-order valence-electron chi connectivity index (χ2n) is 7.08. The molecular weight excluding hydrogens is 330 g/mol. The lowest BCUT2D eigenvalue weighted by atomic mass is 9.84. The highest BCUT2D eigenvalue weighted by atomic mass is 16.4. The summed E-state index contributed by atoms with van der Waals surface area (Å²) in [6.45, 7) is 0. The normalized spacial score (nSPS) is 24.9. The number of carbonyl (C=O) groups excluding carboxylic acids is 1. The van der Waals surface area contributed by atoms with Gasteiger partial charge in [0, 0.05) is 24.0 Å². The molecule has 6 heteroatoms. The van der Waals surface area contributed by atoms with Gasteiger partial charge in [-0.1, -0.05) is 43.2 Å². The molecule has 0 bridgehead atoms. The largest absolute Gasteiger partial charge is 0.480 e. The summed E-state index contributed by atoms with van der Waals surface area (Å²) in [6, 6.07) is 8.82. The number of carboxylic acid groups (broad SMARTS) is 1. The Labute approximate surface area is 151 Å². The van der Waals surface area contributed by atoms with Crippen LogP contribution in [0.25, 0.3) is 11.4 Å². The van der Waals surface area contributed by atoms with E-state index in [-0.39, 0.29) is 11.9 Å². The Morgan fingerprint density at radius 1 is 1.04 bits per heavy atom. The minimum Gasteiger partial charge on any atom is -0.480 e. The number of aliphatic carboxylic acids is 1. The molecule has 134 valence electrons. The number of aromatic nitrogens is 2. The maximum atomic E-state index is 13.0. The van der Waals surface area contributed by atoms with E-state index in [4.69, 9.17) is 0 Å². The van der Waals surface area contributed by atoms with E-state index in [1.807, 2.05) is 30.3 Å². The predicted molar refractivity (Wildman–Crippen MR) is 95.4 cm³/mol. The van der Waals surface area contributed by atoms with Crippen molar-refractivity contribution in [3.05, 3.63) is 48.3 Å². The van der Waals surface area contributed by atoms with Crippen molar-refractivity contribution in [3.63, 3.8) is 0 Å². The van der Waals surface area contributed by atoms with Gasteiger partial charge in [-0.25, -0.2) is 14.8 Å². The molecule has 3 unspecified atom stereocenters. The van der Waals surface area contributed by atoms with E-state index >= 15 is 0 Å². The number of nitrogens with zero attached hydrogens (tertiary/aromatic N) is 3. The van der Waals surface area contributed by atoms with Crippen molar-refractivity contribution < 1.29 is 14.7 Å². The molecule has 6 nitrogen and oxygen atoms in total. The molecule has 3 atom stereocenters. The van der Waals surface area contributed by atoms with Crippen LogP contribution in [0.15, 0.2) is 42.7 Å². The molecule has 2 aliphatic rings. The van der Waals surface area contributed by atoms with E-state index in [2.05, 4.69) is 9.97 Å². The van der Waals surface area contributed by atoms with Crippen LogP contribution in [0, 0.1) is 5.92 Å². The van der Waals surface area contributed by atoms with Crippen LogP contribution in [0.5, 0.6) is 0 Å². The van der Waals surface area contributed by atoms with E-state index in [9.17, 15) is 14.7 Å². The molecule has 0 radical (unpaired) electrons. The number of carboxylic acids is 1. The number of hydrogen-bond acceptors (Lipinski definition) is 4. The van der Waals surface area contributed by atoms with E-state index < -0.39 is 12.0 Å². The maximum Gasteiger partial charge on any atom is 0.326 e. The second kappa shape index (κ2) is 6.86. The van der Waals surface area contributed by atoms with Gasteiger partial charge in [0.05, 0.1) is 5.56 Å². The lowest BCUT2D eigenvalue weighted by molar-refractivity contribution is -0.141. The Morgan fingerprint density at radius 3 is 2.42 bits per heavy atom. The monoisotopic (exact) mass is 351 g/mol. The molecule has 0 spiro atoms. The van der Waals surface area contributed by atoms with Crippen molar-refractivity contribution in [1.82, 2.24) is 14.9 Å². The smallest absolute Gasteiger partial charge is 0.326 e. The summed E-state index contributed by atoms with van der Waals surface area (Å²) < 4.78 is 0.